The van der Waals surface area contributed by atoms with E-state index < -0.39 is 11.9 Å². The van der Waals surface area contributed by atoms with Crippen molar-refractivity contribution in [3.63, 3.8) is 0 Å². The van der Waals surface area contributed by atoms with E-state index in [1.54, 1.807) is 19.1 Å². The largest absolute Gasteiger partial charge is 0.478 e. The third-order valence-electron chi connectivity index (χ3n) is 4.24. The predicted molar refractivity (Wildman–Crippen MR) is 96.6 cm³/mol. The number of benzene rings is 1. The van der Waals surface area contributed by atoms with Crippen LogP contribution in [0.25, 0.3) is 0 Å². The SMILES string of the molecule is Cc1cc(CNC(=O)C(C)Oc2ccccc2F)nc(N2CCCC2)n1. The molecule has 0 saturated carbocycles. The summed E-state index contributed by atoms with van der Waals surface area (Å²) in [5, 5.41) is 2.79. The minimum Gasteiger partial charge on any atom is -0.478 e. The molecule has 0 bridgehead atoms. The second kappa shape index (κ2) is 8.12. The minimum absolute atomic E-state index is 0.0596. The molecule has 2 aromatic rings. The fourth-order valence-electron chi connectivity index (χ4n) is 2.87. The molecule has 6 nitrogen and oxygen atoms in total. The van der Waals surface area contributed by atoms with Crippen molar-refractivity contribution in [3.05, 3.63) is 47.5 Å². The first-order valence-corrected chi connectivity index (χ1v) is 8.81. The van der Waals surface area contributed by atoms with Gasteiger partial charge in [-0.2, -0.15) is 0 Å². The summed E-state index contributed by atoms with van der Waals surface area (Å²) >= 11 is 0. The molecule has 26 heavy (non-hydrogen) atoms. The summed E-state index contributed by atoms with van der Waals surface area (Å²) in [4.78, 5) is 23.4. The van der Waals surface area contributed by atoms with E-state index in [1.807, 2.05) is 13.0 Å². The summed E-state index contributed by atoms with van der Waals surface area (Å²) in [6.07, 6.45) is 1.48. The third-order valence-corrected chi connectivity index (χ3v) is 4.24. The van der Waals surface area contributed by atoms with E-state index in [9.17, 15) is 9.18 Å². The number of hydrogen-bond donors (Lipinski definition) is 1. The van der Waals surface area contributed by atoms with Crippen molar-refractivity contribution in [2.24, 2.45) is 0 Å². The van der Waals surface area contributed by atoms with E-state index in [0.717, 1.165) is 37.3 Å². The summed E-state index contributed by atoms with van der Waals surface area (Å²) in [6, 6.07) is 7.87. The van der Waals surface area contributed by atoms with Gasteiger partial charge in [0.1, 0.15) is 0 Å². The Morgan fingerprint density at radius 3 is 2.77 bits per heavy atom. The first-order chi connectivity index (χ1) is 12.5. The maximum Gasteiger partial charge on any atom is 0.261 e. The maximum absolute atomic E-state index is 13.6. The fourth-order valence-corrected chi connectivity index (χ4v) is 2.87. The number of carbonyl (C=O) groups is 1. The van der Waals surface area contributed by atoms with E-state index in [1.165, 1.54) is 12.1 Å². The molecule has 0 aliphatic carbocycles. The van der Waals surface area contributed by atoms with Crippen molar-refractivity contribution in [2.45, 2.75) is 39.3 Å². The van der Waals surface area contributed by atoms with E-state index in [0.29, 0.717) is 5.95 Å². The van der Waals surface area contributed by atoms with Crippen LogP contribution < -0.4 is 15.0 Å². The summed E-state index contributed by atoms with van der Waals surface area (Å²) in [6.45, 7) is 5.69. The highest BCUT2D eigenvalue weighted by atomic mass is 19.1. The van der Waals surface area contributed by atoms with Crippen LogP contribution in [0.4, 0.5) is 10.3 Å². The van der Waals surface area contributed by atoms with Gasteiger partial charge in [0.15, 0.2) is 17.7 Å². The van der Waals surface area contributed by atoms with Gasteiger partial charge >= 0.3 is 0 Å². The lowest BCUT2D eigenvalue weighted by Crippen LogP contribution is -2.36. The molecule has 138 valence electrons. The number of ether oxygens (including phenoxy) is 1. The Labute approximate surface area is 152 Å². The molecule has 0 spiro atoms. The van der Waals surface area contributed by atoms with Gasteiger partial charge in [-0.3, -0.25) is 4.79 Å². The van der Waals surface area contributed by atoms with Crippen molar-refractivity contribution in [1.82, 2.24) is 15.3 Å². The molecule has 1 atom stereocenters. The molecule has 1 amide bonds. The van der Waals surface area contributed by atoms with Crippen LogP contribution in [0.5, 0.6) is 5.75 Å². The molecule has 1 aliphatic heterocycles. The number of aryl methyl sites for hydroxylation is 1. The zero-order valence-corrected chi connectivity index (χ0v) is 15.0. The van der Waals surface area contributed by atoms with Crippen LogP contribution in [-0.4, -0.2) is 35.1 Å². The van der Waals surface area contributed by atoms with Crippen molar-refractivity contribution in [1.29, 1.82) is 0 Å². The minimum atomic E-state index is -0.812. The molecule has 2 heterocycles. The second-order valence-electron chi connectivity index (χ2n) is 6.40. The number of carbonyl (C=O) groups excluding carboxylic acids is 1. The van der Waals surface area contributed by atoms with Crippen LogP contribution in [0.2, 0.25) is 0 Å². The van der Waals surface area contributed by atoms with Crippen LogP contribution in [-0.2, 0) is 11.3 Å². The van der Waals surface area contributed by atoms with E-state index in [2.05, 4.69) is 20.2 Å². The highest BCUT2D eigenvalue weighted by molar-refractivity contribution is 5.80. The van der Waals surface area contributed by atoms with Crippen molar-refractivity contribution in [2.75, 3.05) is 18.0 Å². The van der Waals surface area contributed by atoms with Crippen molar-refractivity contribution in [3.8, 4) is 5.75 Å². The number of para-hydroxylation sites is 1. The number of aromatic nitrogens is 2. The molecule has 1 unspecified atom stereocenters. The van der Waals surface area contributed by atoms with Gasteiger partial charge in [0.05, 0.1) is 12.2 Å². The number of hydrogen-bond acceptors (Lipinski definition) is 5. The lowest BCUT2D eigenvalue weighted by Gasteiger charge is -2.17. The molecular formula is C19H23FN4O2. The van der Waals surface area contributed by atoms with Gasteiger partial charge in [-0.15, -0.1) is 0 Å². The highest BCUT2D eigenvalue weighted by Crippen LogP contribution is 2.18. The molecule has 1 N–H and O–H groups in total. The number of nitrogens with zero attached hydrogens (tertiary/aromatic N) is 3. The normalized spacial score (nSPS) is 15.0. The van der Waals surface area contributed by atoms with Crippen molar-refractivity contribution < 1.29 is 13.9 Å². The number of rotatable bonds is 6. The molecule has 1 fully saturated rings. The molecule has 7 heteroatoms. The Morgan fingerprint density at radius 2 is 2.04 bits per heavy atom. The monoisotopic (exact) mass is 358 g/mol. The van der Waals surface area contributed by atoms with Crippen LogP contribution in [0, 0.1) is 12.7 Å². The topological polar surface area (TPSA) is 67.3 Å². The zero-order chi connectivity index (χ0) is 18.5. The van der Waals surface area contributed by atoms with Crippen LogP contribution in [0.15, 0.2) is 30.3 Å². The Bertz CT molecular complexity index is 778. The summed E-state index contributed by atoms with van der Waals surface area (Å²) < 4.78 is 19.0. The van der Waals surface area contributed by atoms with Crippen LogP contribution >= 0.6 is 0 Å². The molecule has 3 rings (SSSR count). The Morgan fingerprint density at radius 1 is 1.31 bits per heavy atom. The first-order valence-electron chi connectivity index (χ1n) is 8.81. The van der Waals surface area contributed by atoms with Gasteiger partial charge < -0.3 is 15.0 Å². The predicted octanol–water partition coefficient (Wildman–Crippen LogP) is 2.61. The average molecular weight is 358 g/mol. The van der Waals surface area contributed by atoms with Gasteiger partial charge in [0.2, 0.25) is 5.95 Å². The molecule has 0 radical (unpaired) electrons. The summed E-state index contributed by atoms with van der Waals surface area (Å²) in [5.74, 6) is -0.0483. The third kappa shape index (κ3) is 4.47. The lowest BCUT2D eigenvalue weighted by molar-refractivity contribution is -0.127. The molecule has 1 aromatic heterocycles. The molecular weight excluding hydrogens is 335 g/mol. The number of nitrogens with one attached hydrogen (secondary N) is 1. The highest BCUT2D eigenvalue weighted by Gasteiger charge is 2.18. The van der Waals surface area contributed by atoms with Gasteiger partial charge in [-0.25, -0.2) is 14.4 Å². The smallest absolute Gasteiger partial charge is 0.261 e. The molecule has 1 saturated heterocycles. The quantitative estimate of drug-likeness (QED) is 0.860. The molecule has 1 aromatic carbocycles. The Balaban J connectivity index is 1.59. The maximum atomic E-state index is 13.6. The lowest BCUT2D eigenvalue weighted by atomic mass is 10.3. The Kier molecular flexibility index (Phi) is 5.65. The van der Waals surface area contributed by atoms with Gasteiger partial charge in [-0.1, -0.05) is 12.1 Å². The summed E-state index contributed by atoms with van der Waals surface area (Å²) in [5.41, 5.74) is 1.60. The summed E-state index contributed by atoms with van der Waals surface area (Å²) in [7, 11) is 0. The van der Waals surface area contributed by atoms with Gasteiger partial charge in [0, 0.05) is 18.8 Å². The average Bonchev–Trinajstić information content (AvgIpc) is 3.16. The first kappa shape index (κ1) is 18.1. The van der Waals surface area contributed by atoms with Gasteiger partial charge in [-0.05, 0) is 44.9 Å². The van der Waals surface area contributed by atoms with E-state index in [4.69, 9.17) is 4.74 Å². The van der Waals surface area contributed by atoms with Crippen LogP contribution in [0.3, 0.4) is 0 Å². The van der Waals surface area contributed by atoms with Crippen LogP contribution in [0.1, 0.15) is 31.2 Å². The number of amides is 1. The standard InChI is InChI=1S/C19H23FN4O2/c1-13-11-15(23-19(22-13)24-9-5-6-10-24)12-21-18(25)14(2)26-17-8-4-3-7-16(17)20/h3-4,7-8,11,14H,5-6,9-10,12H2,1-2H3,(H,21,25). The number of anilines is 1. The van der Waals surface area contributed by atoms with Gasteiger partial charge in [0.25, 0.3) is 5.91 Å². The van der Waals surface area contributed by atoms with E-state index >= 15 is 0 Å². The van der Waals surface area contributed by atoms with Crippen molar-refractivity contribution >= 4 is 11.9 Å². The number of halogens is 1. The molecule has 1 aliphatic rings. The fraction of sp³-hybridized carbons (Fsp3) is 0.421. The second-order valence-corrected chi connectivity index (χ2v) is 6.40. The zero-order valence-electron chi connectivity index (χ0n) is 15.0. The Hall–Kier alpha value is -2.70. The van der Waals surface area contributed by atoms with E-state index in [-0.39, 0.29) is 18.2 Å².